The predicted octanol–water partition coefficient (Wildman–Crippen LogP) is -1.34. The van der Waals surface area contributed by atoms with Crippen LogP contribution in [0.4, 0.5) is 4.79 Å². The summed E-state index contributed by atoms with van der Waals surface area (Å²) < 4.78 is 1.58. The zero-order chi connectivity index (χ0) is 12.8. The molecule has 0 saturated carbocycles. The number of hydrogen-bond acceptors (Lipinski definition) is 4. The molecule has 2 amide bonds. The molecule has 0 aliphatic carbocycles. The zero-order valence-electron chi connectivity index (χ0n) is 9.25. The lowest BCUT2D eigenvalue weighted by Crippen LogP contribution is -2.47. The molecule has 17 heavy (non-hydrogen) atoms. The predicted molar refractivity (Wildman–Crippen MR) is 57.1 cm³/mol. The molecule has 94 valence electrons. The molecule has 8 heteroatoms. The van der Waals surface area contributed by atoms with Crippen LogP contribution in [0.5, 0.6) is 0 Å². The van der Waals surface area contributed by atoms with Gasteiger partial charge in [-0.2, -0.15) is 5.10 Å². The first-order valence-electron chi connectivity index (χ1n) is 4.89. The number of aryl methyl sites for hydroxylation is 1. The average molecular weight is 242 g/mol. The van der Waals surface area contributed by atoms with E-state index in [1.165, 1.54) is 0 Å². The summed E-state index contributed by atoms with van der Waals surface area (Å²) in [6, 6.07) is -0.240. The fourth-order valence-electron chi connectivity index (χ4n) is 1.14. The van der Waals surface area contributed by atoms with Crippen LogP contribution in [-0.4, -0.2) is 44.6 Å². The van der Waals surface area contributed by atoms with Crippen molar-refractivity contribution >= 4 is 12.0 Å². The number of aliphatic hydroxyl groups is 1. The monoisotopic (exact) mass is 242 g/mol. The van der Waals surface area contributed by atoms with Crippen LogP contribution in [0.2, 0.25) is 0 Å². The Labute approximate surface area is 97.2 Å². The van der Waals surface area contributed by atoms with Gasteiger partial charge in [0.05, 0.1) is 18.8 Å². The van der Waals surface area contributed by atoms with Crippen LogP contribution in [0.3, 0.4) is 0 Å². The Morgan fingerprint density at radius 3 is 2.76 bits per heavy atom. The molecule has 0 aliphatic rings. The number of carbonyl (C=O) groups is 2. The minimum Gasteiger partial charge on any atom is -0.480 e. The first-order chi connectivity index (χ1) is 8.04. The number of nitrogens with one attached hydrogen (secondary N) is 2. The molecule has 0 aromatic carbocycles. The topological polar surface area (TPSA) is 116 Å². The zero-order valence-corrected chi connectivity index (χ0v) is 9.25. The Kier molecular flexibility index (Phi) is 4.46. The Hall–Kier alpha value is -2.09. The molecule has 0 fully saturated rings. The van der Waals surface area contributed by atoms with E-state index in [-0.39, 0.29) is 6.54 Å². The van der Waals surface area contributed by atoms with Crippen molar-refractivity contribution in [3.05, 3.63) is 18.0 Å². The summed E-state index contributed by atoms with van der Waals surface area (Å²) in [5.74, 6) is -1.29. The maximum Gasteiger partial charge on any atom is 0.328 e. The minimum atomic E-state index is -1.30. The lowest BCUT2D eigenvalue weighted by Gasteiger charge is -2.12. The molecule has 1 aromatic heterocycles. The van der Waals surface area contributed by atoms with Crippen LogP contribution < -0.4 is 10.6 Å². The summed E-state index contributed by atoms with van der Waals surface area (Å²) in [5, 5.41) is 25.8. The largest absolute Gasteiger partial charge is 0.480 e. The molecule has 1 rings (SSSR count). The van der Waals surface area contributed by atoms with Crippen molar-refractivity contribution < 1.29 is 19.8 Å². The molecule has 1 unspecified atom stereocenters. The standard InChI is InChI=1S/C9H14N4O4/c1-13-6(2-3-11-13)4-10-9(17)12-7(5-14)8(15)16/h2-3,7,14H,4-5H2,1H3,(H,15,16)(H2,10,12,17). The molecule has 1 atom stereocenters. The molecule has 0 bridgehead atoms. The highest BCUT2D eigenvalue weighted by atomic mass is 16.4. The number of amides is 2. The van der Waals surface area contributed by atoms with Crippen LogP contribution in [0.1, 0.15) is 5.69 Å². The Balaban J connectivity index is 2.40. The third kappa shape index (κ3) is 3.76. The maximum atomic E-state index is 11.3. The summed E-state index contributed by atoms with van der Waals surface area (Å²) in [5.41, 5.74) is 0.774. The summed E-state index contributed by atoms with van der Waals surface area (Å²) in [7, 11) is 1.72. The van der Waals surface area contributed by atoms with Crippen molar-refractivity contribution in [3.63, 3.8) is 0 Å². The molecular formula is C9H14N4O4. The summed E-state index contributed by atoms with van der Waals surface area (Å²) >= 11 is 0. The van der Waals surface area contributed by atoms with Gasteiger partial charge in [0.15, 0.2) is 6.04 Å². The second-order valence-corrected chi connectivity index (χ2v) is 3.35. The van der Waals surface area contributed by atoms with Gasteiger partial charge in [0.1, 0.15) is 0 Å². The second kappa shape index (κ2) is 5.85. The number of carboxylic acids is 1. The molecule has 0 spiro atoms. The van der Waals surface area contributed by atoms with Gasteiger partial charge >= 0.3 is 12.0 Å². The molecular weight excluding hydrogens is 228 g/mol. The number of rotatable bonds is 5. The van der Waals surface area contributed by atoms with Crippen LogP contribution in [-0.2, 0) is 18.4 Å². The molecule has 0 aliphatic heterocycles. The number of carboxylic acid groups (broad SMARTS) is 1. The molecule has 1 heterocycles. The van der Waals surface area contributed by atoms with E-state index in [4.69, 9.17) is 10.2 Å². The number of aromatic nitrogens is 2. The highest BCUT2D eigenvalue weighted by Gasteiger charge is 2.18. The molecule has 1 aromatic rings. The van der Waals surface area contributed by atoms with Gasteiger partial charge in [-0.25, -0.2) is 9.59 Å². The van der Waals surface area contributed by atoms with Gasteiger partial charge in [-0.3, -0.25) is 4.68 Å². The van der Waals surface area contributed by atoms with Crippen LogP contribution in [0.15, 0.2) is 12.3 Å². The SMILES string of the molecule is Cn1nccc1CNC(=O)NC(CO)C(=O)O. The van der Waals surface area contributed by atoms with E-state index in [0.717, 1.165) is 5.69 Å². The van der Waals surface area contributed by atoms with E-state index in [9.17, 15) is 9.59 Å². The van der Waals surface area contributed by atoms with Crippen LogP contribution in [0.25, 0.3) is 0 Å². The normalized spacial score (nSPS) is 11.9. The smallest absolute Gasteiger partial charge is 0.328 e. The number of urea groups is 1. The Morgan fingerprint density at radius 2 is 2.29 bits per heavy atom. The van der Waals surface area contributed by atoms with E-state index in [1.54, 1.807) is 24.0 Å². The van der Waals surface area contributed by atoms with Crippen molar-refractivity contribution in [1.82, 2.24) is 20.4 Å². The van der Waals surface area contributed by atoms with Crippen LogP contribution in [0, 0.1) is 0 Å². The lowest BCUT2D eigenvalue weighted by molar-refractivity contribution is -0.140. The first kappa shape index (κ1) is 13.0. The van der Waals surface area contributed by atoms with Gasteiger partial charge in [-0.15, -0.1) is 0 Å². The molecule has 8 nitrogen and oxygen atoms in total. The quantitative estimate of drug-likeness (QED) is 0.510. The van der Waals surface area contributed by atoms with Gasteiger partial charge in [-0.1, -0.05) is 0 Å². The van der Waals surface area contributed by atoms with E-state index in [1.807, 2.05) is 0 Å². The summed E-state index contributed by atoms with van der Waals surface area (Å²) in [4.78, 5) is 21.8. The number of nitrogens with zero attached hydrogens (tertiary/aromatic N) is 2. The fraction of sp³-hybridized carbons (Fsp3) is 0.444. The van der Waals surface area contributed by atoms with Gasteiger partial charge < -0.3 is 20.8 Å². The van der Waals surface area contributed by atoms with E-state index in [2.05, 4.69) is 15.7 Å². The Morgan fingerprint density at radius 1 is 1.59 bits per heavy atom. The highest BCUT2D eigenvalue weighted by molar-refractivity contribution is 5.82. The molecule has 4 N–H and O–H groups in total. The van der Waals surface area contributed by atoms with Crippen molar-refractivity contribution in [2.24, 2.45) is 7.05 Å². The minimum absolute atomic E-state index is 0.222. The molecule has 0 saturated heterocycles. The number of aliphatic hydroxyl groups excluding tert-OH is 1. The second-order valence-electron chi connectivity index (χ2n) is 3.35. The van der Waals surface area contributed by atoms with Gasteiger partial charge in [-0.05, 0) is 6.07 Å². The van der Waals surface area contributed by atoms with Crippen molar-refractivity contribution in [2.45, 2.75) is 12.6 Å². The maximum absolute atomic E-state index is 11.3. The van der Waals surface area contributed by atoms with E-state index >= 15 is 0 Å². The van der Waals surface area contributed by atoms with Gasteiger partial charge in [0.2, 0.25) is 0 Å². The highest BCUT2D eigenvalue weighted by Crippen LogP contribution is 1.94. The summed E-state index contributed by atoms with van der Waals surface area (Å²) in [6.07, 6.45) is 1.59. The van der Waals surface area contributed by atoms with E-state index in [0.29, 0.717) is 0 Å². The van der Waals surface area contributed by atoms with E-state index < -0.39 is 24.6 Å². The third-order valence-corrected chi connectivity index (χ3v) is 2.14. The van der Waals surface area contributed by atoms with Crippen LogP contribution >= 0.6 is 0 Å². The van der Waals surface area contributed by atoms with Gasteiger partial charge in [0.25, 0.3) is 0 Å². The Bertz CT molecular complexity index is 403. The first-order valence-corrected chi connectivity index (χ1v) is 4.89. The van der Waals surface area contributed by atoms with Crippen molar-refractivity contribution in [3.8, 4) is 0 Å². The summed E-state index contributed by atoms with van der Waals surface area (Å²) in [6.45, 7) is -0.436. The average Bonchev–Trinajstić information content (AvgIpc) is 2.68. The number of aliphatic carboxylic acids is 1. The van der Waals surface area contributed by atoms with Gasteiger partial charge in [0, 0.05) is 13.2 Å². The van der Waals surface area contributed by atoms with Crippen molar-refractivity contribution in [2.75, 3.05) is 6.61 Å². The number of hydrogen-bond donors (Lipinski definition) is 4. The van der Waals surface area contributed by atoms with Crippen molar-refractivity contribution in [1.29, 1.82) is 0 Å². The number of carbonyl (C=O) groups excluding carboxylic acids is 1. The fourth-order valence-corrected chi connectivity index (χ4v) is 1.14. The molecule has 0 radical (unpaired) electrons. The lowest BCUT2D eigenvalue weighted by atomic mass is 10.3. The third-order valence-electron chi connectivity index (χ3n) is 2.14.